The molecule has 0 unspecified atom stereocenters. The Labute approximate surface area is 101 Å². The molecule has 4 N–H and O–H groups in total. The second kappa shape index (κ2) is 5.99. The van der Waals surface area contributed by atoms with E-state index in [4.69, 9.17) is 34.7 Å². The molecular formula is C7H9Cl2N5S. The molecule has 0 atom stereocenters. The van der Waals surface area contributed by atoms with Gasteiger partial charge in [0.2, 0.25) is 11.9 Å². The minimum Gasteiger partial charge on any atom is -0.368 e. The summed E-state index contributed by atoms with van der Waals surface area (Å²) in [4.78, 5) is 11.5. The molecule has 1 aromatic rings. The fourth-order valence-electron chi connectivity index (χ4n) is 0.793. The number of thioether (sulfide) groups is 1. The first-order valence-electron chi connectivity index (χ1n) is 3.92. The molecule has 1 aromatic heterocycles. The van der Waals surface area contributed by atoms with Gasteiger partial charge in [-0.05, 0) is 6.08 Å². The zero-order valence-corrected chi connectivity index (χ0v) is 9.98. The van der Waals surface area contributed by atoms with E-state index in [-0.39, 0.29) is 16.4 Å². The van der Waals surface area contributed by atoms with Crippen LogP contribution in [0.4, 0.5) is 11.9 Å². The van der Waals surface area contributed by atoms with Crippen LogP contribution in [0.1, 0.15) is 5.82 Å². The molecule has 0 spiro atoms. The normalized spacial score (nSPS) is 10.0. The van der Waals surface area contributed by atoms with Crippen LogP contribution in [0, 0.1) is 0 Å². The number of anilines is 2. The summed E-state index contributed by atoms with van der Waals surface area (Å²) in [5.41, 5.74) is 10.8. The Balaban J connectivity index is 2.47. The highest BCUT2D eigenvalue weighted by Gasteiger charge is 2.01. The van der Waals surface area contributed by atoms with Gasteiger partial charge < -0.3 is 11.5 Å². The first-order valence-corrected chi connectivity index (χ1v) is 5.84. The van der Waals surface area contributed by atoms with Crippen LogP contribution >= 0.6 is 35.0 Å². The lowest BCUT2D eigenvalue weighted by molar-refractivity contribution is 0.988. The van der Waals surface area contributed by atoms with Gasteiger partial charge in [0, 0.05) is 5.75 Å². The highest BCUT2D eigenvalue weighted by atomic mass is 35.5. The molecule has 0 fully saturated rings. The molecule has 8 heteroatoms. The Morgan fingerprint density at radius 2 is 1.80 bits per heavy atom. The van der Waals surface area contributed by atoms with Crippen LogP contribution in [0.2, 0.25) is 0 Å². The van der Waals surface area contributed by atoms with Crippen molar-refractivity contribution in [2.75, 3.05) is 17.2 Å². The molecule has 82 valence electrons. The second-order valence-electron chi connectivity index (χ2n) is 2.48. The molecule has 0 saturated heterocycles. The molecule has 0 aliphatic carbocycles. The molecule has 1 rings (SSSR count). The maximum atomic E-state index is 5.44. The van der Waals surface area contributed by atoms with Gasteiger partial charge in [-0.1, -0.05) is 23.2 Å². The summed E-state index contributed by atoms with van der Waals surface area (Å²) in [6, 6.07) is 0. The number of halogens is 2. The molecule has 5 nitrogen and oxygen atoms in total. The fraction of sp³-hybridized carbons (Fsp3) is 0.286. The van der Waals surface area contributed by atoms with E-state index in [0.29, 0.717) is 17.3 Å². The van der Waals surface area contributed by atoms with E-state index >= 15 is 0 Å². The van der Waals surface area contributed by atoms with Gasteiger partial charge in [0.05, 0.1) is 5.75 Å². The van der Waals surface area contributed by atoms with Crippen molar-refractivity contribution in [3.63, 3.8) is 0 Å². The Hall–Kier alpha value is -0.720. The monoisotopic (exact) mass is 265 g/mol. The van der Waals surface area contributed by atoms with Gasteiger partial charge in [-0.25, -0.2) is 0 Å². The van der Waals surface area contributed by atoms with E-state index in [1.165, 1.54) is 0 Å². The SMILES string of the molecule is Nc1nc(N)nc(CSCC=C(Cl)Cl)n1. The van der Waals surface area contributed by atoms with E-state index in [9.17, 15) is 0 Å². The van der Waals surface area contributed by atoms with E-state index in [0.717, 1.165) is 0 Å². The molecule has 0 amide bonds. The van der Waals surface area contributed by atoms with Crippen LogP contribution < -0.4 is 11.5 Å². The van der Waals surface area contributed by atoms with Gasteiger partial charge in [-0.2, -0.15) is 15.0 Å². The molecule has 15 heavy (non-hydrogen) atoms. The number of nitrogens with zero attached hydrogens (tertiary/aromatic N) is 3. The first kappa shape index (κ1) is 12.4. The zero-order valence-electron chi connectivity index (χ0n) is 7.65. The fourth-order valence-corrected chi connectivity index (χ4v) is 1.84. The predicted molar refractivity (Wildman–Crippen MR) is 64.6 cm³/mol. The van der Waals surface area contributed by atoms with Gasteiger partial charge in [-0.15, -0.1) is 11.8 Å². The Kier molecular flexibility index (Phi) is 4.93. The average Bonchev–Trinajstić information content (AvgIpc) is 2.10. The largest absolute Gasteiger partial charge is 0.368 e. The summed E-state index contributed by atoms with van der Waals surface area (Å²) < 4.78 is 0.247. The Morgan fingerprint density at radius 1 is 1.20 bits per heavy atom. The maximum absolute atomic E-state index is 5.44. The van der Waals surface area contributed by atoms with Gasteiger partial charge in [0.25, 0.3) is 0 Å². The molecular weight excluding hydrogens is 257 g/mol. The predicted octanol–water partition coefficient (Wildman–Crippen LogP) is 1.59. The number of nitrogens with two attached hydrogens (primary N) is 2. The zero-order chi connectivity index (χ0) is 11.3. The van der Waals surface area contributed by atoms with Crippen LogP contribution in [0.15, 0.2) is 10.6 Å². The smallest absolute Gasteiger partial charge is 0.225 e. The third kappa shape index (κ3) is 5.06. The molecule has 0 bridgehead atoms. The lowest BCUT2D eigenvalue weighted by atomic mass is 10.7. The summed E-state index contributed by atoms with van der Waals surface area (Å²) in [7, 11) is 0. The molecule has 1 heterocycles. The van der Waals surface area contributed by atoms with Crippen molar-refractivity contribution >= 4 is 46.9 Å². The highest BCUT2D eigenvalue weighted by Crippen LogP contribution is 2.13. The Bertz CT molecular complexity index is 346. The molecule has 0 aliphatic rings. The van der Waals surface area contributed by atoms with Crippen LogP contribution in [0.3, 0.4) is 0 Å². The lowest BCUT2D eigenvalue weighted by Gasteiger charge is -2.00. The van der Waals surface area contributed by atoms with Crippen LogP contribution in [0.25, 0.3) is 0 Å². The van der Waals surface area contributed by atoms with Crippen LogP contribution in [-0.4, -0.2) is 20.7 Å². The minimum absolute atomic E-state index is 0.129. The summed E-state index contributed by atoms with van der Waals surface area (Å²) in [5, 5.41) is 0. The summed E-state index contributed by atoms with van der Waals surface area (Å²) in [6.45, 7) is 0. The second-order valence-corrected chi connectivity index (χ2v) is 4.52. The number of hydrogen-bond acceptors (Lipinski definition) is 6. The summed E-state index contributed by atoms with van der Waals surface area (Å²) in [5.74, 6) is 2.06. The van der Waals surface area contributed by atoms with Crippen LogP contribution in [0.5, 0.6) is 0 Å². The van der Waals surface area contributed by atoms with Crippen molar-refractivity contribution in [2.24, 2.45) is 0 Å². The summed E-state index contributed by atoms with van der Waals surface area (Å²) >= 11 is 12.4. The highest BCUT2D eigenvalue weighted by molar-refractivity contribution is 7.98. The summed E-state index contributed by atoms with van der Waals surface area (Å²) in [6.07, 6.45) is 1.68. The van der Waals surface area contributed by atoms with E-state index in [2.05, 4.69) is 15.0 Å². The van der Waals surface area contributed by atoms with Gasteiger partial charge in [0.15, 0.2) is 0 Å². The van der Waals surface area contributed by atoms with Crippen LogP contribution in [-0.2, 0) is 5.75 Å². The molecule has 0 aliphatic heterocycles. The number of rotatable bonds is 4. The van der Waals surface area contributed by atoms with E-state index in [1.807, 2.05) is 0 Å². The molecule has 0 aromatic carbocycles. The van der Waals surface area contributed by atoms with Gasteiger partial charge in [0.1, 0.15) is 10.3 Å². The van der Waals surface area contributed by atoms with Crippen molar-refractivity contribution in [3.05, 3.63) is 16.4 Å². The van der Waals surface area contributed by atoms with Crippen molar-refractivity contribution < 1.29 is 0 Å². The average molecular weight is 266 g/mol. The lowest BCUT2D eigenvalue weighted by Crippen LogP contribution is -2.05. The quantitative estimate of drug-likeness (QED) is 0.804. The van der Waals surface area contributed by atoms with Crippen molar-refractivity contribution in [1.29, 1.82) is 0 Å². The van der Waals surface area contributed by atoms with Gasteiger partial charge >= 0.3 is 0 Å². The van der Waals surface area contributed by atoms with Crippen molar-refractivity contribution in [1.82, 2.24) is 15.0 Å². The van der Waals surface area contributed by atoms with Crippen molar-refractivity contribution in [3.8, 4) is 0 Å². The number of nitrogen functional groups attached to an aromatic ring is 2. The number of hydrogen-bond donors (Lipinski definition) is 2. The standard InChI is InChI=1S/C7H9Cl2N5S/c8-4(9)1-2-15-3-5-12-6(10)14-7(11)13-5/h1H,2-3H2,(H4,10,11,12,13,14). The topological polar surface area (TPSA) is 90.7 Å². The maximum Gasteiger partial charge on any atom is 0.225 e. The first-order chi connectivity index (χ1) is 7.08. The van der Waals surface area contributed by atoms with E-state index in [1.54, 1.807) is 17.8 Å². The number of aromatic nitrogens is 3. The Morgan fingerprint density at radius 3 is 2.33 bits per heavy atom. The molecule has 0 saturated carbocycles. The van der Waals surface area contributed by atoms with E-state index < -0.39 is 0 Å². The van der Waals surface area contributed by atoms with Crippen molar-refractivity contribution in [2.45, 2.75) is 5.75 Å². The van der Waals surface area contributed by atoms with Gasteiger partial charge in [-0.3, -0.25) is 0 Å². The minimum atomic E-state index is 0.129. The molecule has 0 radical (unpaired) electrons. The third-order valence-corrected chi connectivity index (χ3v) is 2.48. The third-order valence-electron chi connectivity index (χ3n) is 1.30.